The van der Waals surface area contributed by atoms with Crippen molar-refractivity contribution in [1.82, 2.24) is 19.4 Å². The minimum Gasteiger partial charge on any atom is -0.397 e. The summed E-state index contributed by atoms with van der Waals surface area (Å²) in [6.45, 7) is 0.992. The van der Waals surface area contributed by atoms with Gasteiger partial charge in [-0.2, -0.15) is 0 Å². The number of anilines is 1. The second-order valence-electron chi connectivity index (χ2n) is 4.50. The van der Waals surface area contributed by atoms with Crippen LogP contribution in [0.5, 0.6) is 0 Å². The molecule has 2 N–H and O–H groups in total. The zero-order chi connectivity index (χ0) is 11.3. The summed E-state index contributed by atoms with van der Waals surface area (Å²) in [5.41, 5.74) is 8.24. The van der Waals surface area contributed by atoms with E-state index in [1.807, 2.05) is 6.07 Å². The minimum absolute atomic E-state index is 0.399. The molecular weight excluding hydrogens is 202 g/mol. The molecule has 0 radical (unpaired) electrons. The van der Waals surface area contributed by atoms with Gasteiger partial charge in [-0.15, -0.1) is 0 Å². The van der Waals surface area contributed by atoms with Gasteiger partial charge in [-0.1, -0.05) is 0 Å². The maximum atomic E-state index is 5.71. The van der Waals surface area contributed by atoms with Gasteiger partial charge in [-0.3, -0.25) is 4.90 Å². The normalized spacial score (nSPS) is 19.6. The molecule has 0 spiro atoms. The third kappa shape index (κ3) is 1.21. The molecular formula is C11H15N5. The number of imidazole rings is 1. The summed E-state index contributed by atoms with van der Waals surface area (Å²) < 4.78 is 2.19. The molecule has 5 heteroatoms. The van der Waals surface area contributed by atoms with Crippen LogP contribution in [0.3, 0.4) is 0 Å². The zero-order valence-corrected chi connectivity index (χ0v) is 9.51. The highest BCUT2D eigenvalue weighted by molar-refractivity contribution is 5.75. The van der Waals surface area contributed by atoms with Crippen molar-refractivity contribution in [3.8, 4) is 0 Å². The Labute approximate surface area is 93.9 Å². The first kappa shape index (κ1) is 9.59. The van der Waals surface area contributed by atoms with Gasteiger partial charge in [0.15, 0.2) is 5.65 Å². The Morgan fingerprint density at radius 1 is 1.50 bits per heavy atom. The molecule has 0 aromatic carbocycles. The Balaban J connectivity index is 2.20. The maximum absolute atomic E-state index is 5.71. The minimum atomic E-state index is 0.399. The Hall–Kier alpha value is -1.62. The molecule has 0 amide bonds. The molecule has 3 rings (SSSR count). The second-order valence-corrected chi connectivity index (χ2v) is 4.50. The number of aromatic nitrogens is 3. The van der Waals surface area contributed by atoms with Gasteiger partial charge in [0.2, 0.25) is 0 Å². The van der Waals surface area contributed by atoms with E-state index in [9.17, 15) is 0 Å². The molecule has 1 atom stereocenters. The van der Waals surface area contributed by atoms with Gasteiger partial charge in [0, 0.05) is 6.54 Å². The van der Waals surface area contributed by atoms with Crippen molar-refractivity contribution >= 4 is 16.9 Å². The van der Waals surface area contributed by atoms with E-state index < -0.39 is 0 Å². The van der Waals surface area contributed by atoms with Gasteiger partial charge < -0.3 is 10.3 Å². The first-order valence-corrected chi connectivity index (χ1v) is 5.45. The topological polar surface area (TPSA) is 60.0 Å². The Morgan fingerprint density at radius 3 is 3.06 bits per heavy atom. The summed E-state index contributed by atoms with van der Waals surface area (Å²) in [6.07, 6.45) is 2.80. The third-order valence-electron chi connectivity index (χ3n) is 3.18. The van der Waals surface area contributed by atoms with Gasteiger partial charge in [0.1, 0.15) is 11.3 Å². The summed E-state index contributed by atoms with van der Waals surface area (Å²) in [5.74, 6) is 1.11. The predicted molar refractivity (Wildman–Crippen MR) is 63.0 cm³/mol. The molecule has 2 aromatic rings. The fourth-order valence-corrected chi connectivity index (χ4v) is 2.39. The van der Waals surface area contributed by atoms with E-state index in [1.54, 1.807) is 6.20 Å². The fourth-order valence-electron chi connectivity index (χ4n) is 2.39. The Morgan fingerprint density at radius 2 is 2.31 bits per heavy atom. The molecule has 1 aliphatic heterocycles. The Bertz CT molecular complexity index is 543. The van der Waals surface area contributed by atoms with Gasteiger partial charge >= 0.3 is 0 Å². The van der Waals surface area contributed by atoms with Crippen LogP contribution >= 0.6 is 0 Å². The number of hydrogen-bond donors (Lipinski definition) is 1. The molecule has 1 unspecified atom stereocenters. The van der Waals surface area contributed by atoms with Crippen LogP contribution in [0, 0.1) is 0 Å². The summed E-state index contributed by atoms with van der Waals surface area (Å²) in [7, 11) is 4.17. The number of nitrogen functional groups attached to an aromatic ring is 1. The number of pyridine rings is 1. The maximum Gasteiger partial charge on any atom is 0.160 e. The lowest BCUT2D eigenvalue weighted by Gasteiger charge is -2.16. The standard InChI is InChI=1S/C11H15N5/c1-15(2)9-3-4-16-10-8(14-11(9)16)5-7(12)6-13-10/h5-6,9H,3-4,12H2,1-2H3. The molecule has 0 saturated carbocycles. The number of rotatable bonds is 1. The zero-order valence-electron chi connectivity index (χ0n) is 9.51. The van der Waals surface area contributed by atoms with Crippen LogP contribution in [0.4, 0.5) is 5.69 Å². The highest BCUT2D eigenvalue weighted by Crippen LogP contribution is 2.32. The van der Waals surface area contributed by atoms with Crippen molar-refractivity contribution in [3.05, 3.63) is 18.1 Å². The first-order valence-electron chi connectivity index (χ1n) is 5.45. The van der Waals surface area contributed by atoms with Gasteiger partial charge in [0.05, 0.1) is 17.9 Å². The van der Waals surface area contributed by atoms with Gasteiger partial charge in [0.25, 0.3) is 0 Å². The number of fused-ring (bicyclic) bond motifs is 3. The third-order valence-corrected chi connectivity index (χ3v) is 3.18. The average Bonchev–Trinajstić information content (AvgIpc) is 2.74. The van der Waals surface area contributed by atoms with E-state index in [4.69, 9.17) is 5.73 Å². The Kier molecular flexibility index (Phi) is 1.91. The summed E-state index contributed by atoms with van der Waals surface area (Å²) in [5, 5.41) is 0. The van der Waals surface area contributed by atoms with E-state index >= 15 is 0 Å². The van der Waals surface area contributed by atoms with Gasteiger partial charge in [-0.05, 0) is 26.6 Å². The molecule has 3 heterocycles. The number of nitrogens with two attached hydrogens (primary N) is 1. The van der Waals surface area contributed by atoms with Crippen LogP contribution < -0.4 is 5.73 Å². The van der Waals surface area contributed by atoms with Crippen molar-refractivity contribution in [2.75, 3.05) is 19.8 Å². The lowest BCUT2D eigenvalue weighted by atomic mass is 10.2. The highest BCUT2D eigenvalue weighted by Gasteiger charge is 2.28. The van der Waals surface area contributed by atoms with Crippen molar-refractivity contribution < 1.29 is 0 Å². The summed E-state index contributed by atoms with van der Waals surface area (Å²) in [6, 6.07) is 2.29. The molecule has 0 saturated heterocycles. The average molecular weight is 217 g/mol. The number of hydrogen-bond acceptors (Lipinski definition) is 4. The van der Waals surface area contributed by atoms with Crippen LogP contribution in [0.1, 0.15) is 18.3 Å². The van der Waals surface area contributed by atoms with Gasteiger partial charge in [-0.25, -0.2) is 9.97 Å². The van der Waals surface area contributed by atoms with Crippen molar-refractivity contribution in [2.24, 2.45) is 0 Å². The molecule has 0 fully saturated rings. The molecule has 0 aliphatic carbocycles. The van der Waals surface area contributed by atoms with E-state index in [2.05, 4.69) is 33.5 Å². The molecule has 5 nitrogen and oxygen atoms in total. The van der Waals surface area contributed by atoms with Crippen molar-refractivity contribution in [2.45, 2.75) is 19.0 Å². The summed E-state index contributed by atoms with van der Waals surface area (Å²) >= 11 is 0. The van der Waals surface area contributed by atoms with Crippen LogP contribution in [0.15, 0.2) is 12.3 Å². The summed E-state index contributed by atoms with van der Waals surface area (Å²) in [4.78, 5) is 11.2. The van der Waals surface area contributed by atoms with Crippen molar-refractivity contribution in [3.63, 3.8) is 0 Å². The van der Waals surface area contributed by atoms with Crippen LogP contribution in [-0.2, 0) is 6.54 Å². The fraction of sp³-hybridized carbons (Fsp3) is 0.455. The van der Waals surface area contributed by atoms with E-state index in [-0.39, 0.29) is 0 Å². The molecule has 2 aromatic heterocycles. The molecule has 0 bridgehead atoms. The second kappa shape index (κ2) is 3.18. The predicted octanol–water partition coefficient (Wildman–Crippen LogP) is 1.02. The van der Waals surface area contributed by atoms with E-state index in [1.165, 1.54) is 0 Å². The number of nitrogens with zero attached hydrogens (tertiary/aromatic N) is 4. The highest BCUT2D eigenvalue weighted by atomic mass is 15.2. The van der Waals surface area contributed by atoms with Crippen LogP contribution in [0.25, 0.3) is 11.2 Å². The lowest BCUT2D eigenvalue weighted by molar-refractivity contribution is 0.294. The van der Waals surface area contributed by atoms with E-state index in [0.717, 1.165) is 30.0 Å². The molecule has 1 aliphatic rings. The largest absolute Gasteiger partial charge is 0.397 e. The van der Waals surface area contributed by atoms with Crippen LogP contribution in [0.2, 0.25) is 0 Å². The van der Waals surface area contributed by atoms with E-state index in [0.29, 0.717) is 11.7 Å². The SMILES string of the molecule is CN(C)C1CCn2c1nc1cc(N)cnc12. The molecule has 16 heavy (non-hydrogen) atoms. The lowest BCUT2D eigenvalue weighted by Crippen LogP contribution is -2.18. The quantitative estimate of drug-likeness (QED) is 0.774. The first-order chi connectivity index (χ1) is 7.66. The number of aryl methyl sites for hydroxylation is 1. The van der Waals surface area contributed by atoms with Crippen LogP contribution in [-0.4, -0.2) is 33.5 Å². The molecule has 84 valence electrons. The van der Waals surface area contributed by atoms with Crippen molar-refractivity contribution in [1.29, 1.82) is 0 Å². The monoisotopic (exact) mass is 217 g/mol. The smallest absolute Gasteiger partial charge is 0.160 e.